The molecule has 2 aromatic rings. The lowest BCUT2D eigenvalue weighted by Crippen LogP contribution is -2.17. The van der Waals surface area contributed by atoms with Gasteiger partial charge in [0.25, 0.3) is 0 Å². The van der Waals surface area contributed by atoms with Gasteiger partial charge in [-0.25, -0.2) is 4.98 Å². The van der Waals surface area contributed by atoms with Crippen LogP contribution in [-0.4, -0.2) is 9.55 Å². The quantitative estimate of drug-likeness (QED) is 0.762. The lowest BCUT2D eigenvalue weighted by atomic mass is 9.91. The van der Waals surface area contributed by atoms with Crippen LogP contribution in [0.25, 0.3) is 0 Å². The first-order valence-corrected chi connectivity index (χ1v) is 6.32. The minimum Gasteiger partial charge on any atom is -0.334 e. The summed E-state index contributed by atoms with van der Waals surface area (Å²) >= 11 is 0. The Balaban J connectivity index is 2.07. The first kappa shape index (κ1) is 11.9. The molecule has 0 aliphatic carbocycles. The largest absolute Gasteiger partial charge is 0.334 e. The zero-order valence-electron chi connectivity index (χ0n) is 10.6. The van der Waals surface area contributed by atoms with Crippen LogP contribution >= 0.6 is 0 Å². The molecule has 0 N–H and O–H groups in total. The number of benzene rings is 1. The number of aromatic nitrogens is 2. The second-order valence-corrected chi connectivity index (χ2v) is 4.61. The summed E-state index contributed by atoms with van der Waals surface area (Å²) in [5.74, 6) is 0.659. The highest BCUT2D eigenvalue weighted by molar-refractivity contribution is 5.15. The van der Waals surface area contributed by atoms with Gasteiger partial charge in [-0.1, -0.05) is 43.7 Å². The fourth-order valence-electron chi connectivity index (χ4n) is 2.33. The van der Waals surface area contributed by atoms with E-state index in [0.29, 0.717) is 12.0 Å². The second-order valence-electron chi connectivity index (χ2n) is 4.61. The van der Waals surface area contributed by atoms with Gasteiger partial charge in [0, 0.05) is 18.4 Å². The van der Waals surface area contributed by atoms with Crippen LogP contribution in [0.1, 0.15) is 31.9 Å². The standard InChI is InChI=1S/C15H20N2/c1-3-15(11-14-7-5-4-6-8-14)13(2)17-10-9-16-12-17/h4-10,12-13,15H,3,11H2,1-2H3. The molecule has 1 aromatic heterocycles. The maximum absolute atomic E-state index is 4.13. The van der Waals surface area contributed by atoms with Crippen molar-refractivity contribution in [1.29, 1.82) is 0 Å². The van der Waals surface area contributed by atoms with Crippen molar-refractivity contribution in [2.24, 2.45) is 5.92 Å². The summed E-state index contributed by atoms with van der Waals surface area (Å²) in [6, 6.07) is 11.2. The molecular formula is C15H20N2. The van der Waals surface area contributed by atoms with Gasteiger partial charge in [-0.2, -0.15) is 0 Å². The Morgan fingerprint density at radius 2 is 2.00 bits per heavy atom. The molecule has 90 valence electrons. The number of hydrogen-bond acceptors (Lipinski definition) is 1. The maximum atomic E-state index is 4.13. The second kappa shape index (κ2) is 5.67. The molecule has 0 bridgehead atoms. The number of imidazole rings is 1. The Morgan fingerprint density at radius 3 is 2.59 bits per heavy atom. The molecule has 2 atom stereocenters. The van der Waals surface area contributed by atoms with Crippen LogP contribution in [0.5, 0.6) is 0 Å². The molecule has 2 heteroatoms. The van der Waals surface area contributed by atoms with E-state index >= 15 is 0 Å². The Hall–Kier alpha value is -1.57. The van der Waals surface area contributed by atoms with Gasteiger partial charge in [-0.3, -0.25) is 0 Å². The highest BCUT2D eigenvalue weighted by Crippen LogP contribution is 2.24. The van der Waals surface area contributed by atoms with Gasteiger partial charge in [0.2, 0.25) is 0 Å². The Labute approximate surface area is 103 Å². The molecule has 0 aliphatic rings. The van der Waals surface area contributed by atoms with Gasteiger partial charge in [-0.05, 0) is 24.8 Å². The van der Waals surface area contributed by atoms with Gasteiger partial charge >= 0.3 is 0 Å². The first-order valence-electron chi connectivity index (χ1n) is 6.32. The normalized spacial score (nSPS) is 14.5. The van der Waals surface area contributed by atoms with Crippen LogP contribution in [0.3, 0.4) is 0 Å². The third kappa shape index (κ3) is 2.96. The molecule has 17 heavy (non-hydrogen) atoms. The van der Waals surface area contributed by atoms with E-state index in [9.17, 15) is 0 Å². The Kier molecular flexibility index (Phi) is 3.97. The lowest BCUT2D eigenvalue weighted by Gasteiger charge is -2.24. The molecule has 0 amide bonds. The average Bonchev–Trinajstić information content (AvgIpc) is 2.90. The van der Waals surface area contributed by atoms with Gasteiger partial charge in [0.1, 0.15) is 0 Å². The number of rotatable bonds is 5. The smallest absolute Gasteiger partial charge is 0.0948 e. The van der Waals surface area contributed by atoms with Crippen LogP contribution in [0, 0.1) is 5.92 Å². The van der Waals surface area contributed by atoms with Gasteiger partial charge in [0.05, 0.1) is 6.33 Å². The number of nitrogens with zero attached hydrogens (tertiary/aromatic N) is 2. The fourth-order valence-corrected chi connectivity index (χ4v) is 2.33. The highest BCUT2D eigenvalue weighted by Gasteiger charge is 2.16. The predicted octanol–water partition coefficient (Wildman–Crippen LogP) is 3.71. The monoisotopic (exact) mass is 228 g/mol. The van der Waals surface area contributed by atoms with Crippen LogP contribution in [0.4, 0.5) is 0 Å². The van der Waals surface area contributed by atoms with Crippen molar-refractivity contribution in [3.8, 4) is 0 Å². The van der Waals surface area contributed by atoms with Gasteiger partial charge in [-0.15, -0.1) is 0 Å². The van der Waals surface area contributed by atoms with E-state index < -0.39 is 0 Å². The third-order valence-electron chi connectivity index (χ3n) is 3.54. The van der Waals surface area contributed by atoms with Crippen LogP contribution in [0.15, 0.2) is 49.1 Å². The summed E-state index contributed by atoms with van der Waals surface area (Å²) in [4.78, 5) is 4.13. The molecule has 2 nitrogen and oxygen atoms in total. The molecule has 2 rings (SSSR count). The third-order valence-corrected chi connectivity index (χ3v) is 3.54. The molecule has 0 fully saturated rings. The van der Waals surface area contributed by atoms with Crippen LogP contribution in [0.2, 0.25) is 0 Å². The lowest BCUT2D eigenvalue weighted by molar-refractivity contribution is 0.340. The molecule has 0 saturated heterocycles. The summed E-state index contributed by atoms with van der Waals surface area (Å²) < 4.78 is 2.21. The predicted molar refractivity (Wildman–Crippen MR) is 70.9 cm³/mol. The SMILES string of the molecule is CCC(Cc1ccccc1)C(C)n1ccnc1. The molecule has 0 aliphatic heterocycles. The summed E-state index contributed by atoms with van der Waals surface area (Å²) in [7, 11) is 0. The fraction of sp³-hybridized carbons (Fsp3) is 0.400. The van der Waals surface area contributed by atoms with Gasteiger partial charge in [0.15, 0.2) is 0 Å². The van der Waals surface area contributed by atoms with Crippen molar-refractivity contribution < 1.29 is 0 Å². The van der Waals surface area contributed by atoms with Crippen LogP contribution < -0.4 is 0 Å². The van der Waals surface area contributed by atoms with Crippen LogP contribution in [-0.2, 0) is 6.42 Å². The van der Waals surface area contributed by atoms with Crippen molar-refractivity contribution in [3.05, 3.63) is 54.6 Å². The Morgan fingerprint density at radius 1 is 1.24 bits per heavy atom. The summed E-state index contributed by atoms with van der Waals surface area (Å²) in [5, 5.41) is 0. The maximum Gasteiger partial charge on any atom is 0.0948 e. The molecule has 1 heterocycles. The molecule has 2 unspecified atom stereocenters. The summed E-state index contributed by atoms with van der Waals surface area (Å²) in [6.07, 6.45) is 8.15. The highest BCUT2D eigenvalue weighted by atomic mass is 15.0. The molecular weight excluding hydrogens is 208 g/mol. The molecule has 0 spiro atoms. The van der Waals surface area contributed by atoms with E-state index in [0.717, 1.165) is 6.42 Å². The summed E-state index contributed by atoms with van der Waals surface area (Å²) in [6.45, 7) is 4.54. The minimum absolute atomic E-state index is 0.503. The van der Waals surface area contributed by atoms with Crippen molar-refractivity contribution in [1.82, 2.24) is 9.55 Å². The van der Waals surface area contributed by atoms with E-state index in [1.807, 2.05) is 12.5 Å². The zero-order valence-corrected chi connectivity index (χ0v) is 10.6. The van der Waals surface area contributed by atoms with Gasteiger partial charge < -0.3 is 4.57 Å². The van der Waals surface area contributed by atoms with Crippen molar-refractivity contribution >= 4 is 0 Å². The van der Waals surface area contributed by atoms with Crippen molar-refractivity contribution in [2.45, 2.75) is 32.7 Å². The molecule has 1 aromatic carbocycles. The topological polar surface area (TPSA) is 17.8 Å². The zero-order chi connectivity index (χ0) is 12.1. The molecule has 0 saturated carbocycles. The van der Waals surface area contributed by atoms with Crippen molar-refractivity contribution in [2.75, 3.05) is 0 Å². The van der Waals surface area contributed by atoms with E-state index in [4.69, 9.17) is 0 Å². The minimum atomic E-state index is 0.503. The summed E-state index contributed by atoms with van der Waals surface area (Å²) in [5.41, 5.74) is 1.42. The number of hydrogen-bond donors (Lipinski definition) is 0. The van der Waals surface area contributed by atoms with Crippen molar-refractivity contribution in [3.63, 3.8) is 0 Å². The molecule has 0 radical (unpaired) electrons. The van der Waals surface area contributed by atoms with E-state index in [1.54, 1.807) is 0 Å². The van der Waals surface area contributed by atoms with E-state index in [-0.39, 0.29) is 0 Å². The Bertz CT molecular complexity index is 419. The first-order chi connectivity index (χ1) is 8.31. The van der Waals surface area contributed by atoms with E-state index in [1.165, 1.54) is 12.0 Å². The van der Waals surface area contributed by atoms with E-state index in [2.05, 4.69) is 59.9 Å². The average molecular weight is 228 g/mol.